The van der Waals surface area contributed by atoms with Gasteiger partial charge in [-0.25, -0.2) is 17.9 Å². The zero-order valence-corrected chi connectivity index (χ0v) is 18.1. The third kappa shape index (κ3) is 5.55. The van der Waals surface area contributed by atoms with Crippen LogP contribution in [-0.4, -0.2) is 19.4 Å². The molecule has 0 fully saturated rings. The normalized spacial score (nSPS) is 11.7. The summed E-state index contributed by atoms with van der Waals surface area (Å²) in [6, 6.07) is 6.91. The number of anilines is 1. The average Bonchev–Trinajstić information content (AvgIpc) is 2.56. The molecule has 0 radical (unpaired) electrons. The van der Waals surface area contributed by atoms with Gasteiger partial charge in [-0.05, 0) is 54.0 Å². The van der Waals surface area contributed by atoms with Crippen LogP contribution in [0.1, 0.15) is 67.5 Å². The Morgan fingerprint density at radius 1 is 1.07 bits per heavy atom. The monoisotopic (exact) mass is 403 g/mol. The lowest BCUT2D eigenvalue weighted by molar-refractivity contribution is 0.256. The van der Waals surface area contributed by atoms with E-state index in [4.69, 9.17) is 0 Å². The third-order valence-corrected chi connectivity index (χ3v) is 5.75. The molecular formula is C21H29N3O3S. The molecule has 1 heterocycles. The summed E-state index contributed by atoms with van der Waals surface area (Å²) in [4.78, 5) is 16.6. The van der Waals surface area contributed by atoms with Gasteiger partial charge in [0.15, 0.2) is 0 Å². The standard InChI is InChI=1S/C21H29N3O3S/c1-13(2)18-8-7-9-19(14(3)4)20(18)23-21(25)24-28(26,27)12-17-11-22-16(6)10-15(17)5/h7-11,13-14H,12H2,1-6H3,(H2,23,24,25). The Hall–Kier alpha value is -2.41. The molecule has 1 aromatic carbocycles. The van der Waals surface area contributed by atoms with Crippen molar-refractivity contribution in [1.29, 1.82) is 0 Å². The Bertz CT molecular complexity index is 941. The highest BCUT2D eigenvalue weighted by atomic mass is 32.2. The molecule has 0 saturated heterocycles. The third-order valence-electron chi connectivity index (χ3n) is 4.56. The van der Waals surface area contributed by atoms with Crippen molar-refractivity contribution in [3.05, 3.63) is 58.4 Å². The fraction of sp³-hybridized carbons (Fsp3) is 0.429. The van der Waals surface area contributed by atoms with Crippen molar-refractivity contribution in [2.75, 3.05) is 5.32 Å². The molecule has 0 atom stereocenters. The highest BCUT2D eigenvalue weighted by Gasteiger charge is 2.20. The number of pyridine rings is 1. The highest BCUT2D eigenvalue weighted by molar-refractivity contribution is 7.89. The van der Waals surface area contributed by atoms with Crippen molar-refractivity contribution in [3.63, 3.8) is 0 Å². The van der Waals surface area contributed by atoms with Crippen molar-refractivity contribution < 1.29 is 13.2 Å². The van der Waals surface area contributed by atoms with Crippen LogP contribution in [-0.2, 0) is 15.8 Å². The minimum atomic E-state index is -3.86. The van der Waals surface area contributed by atoms with Crippen LogP contribution in [0.3, 0.4) is 0 Å². The molecular weight excluding hydrogens is 374 g/mol. The number of nitrogens with zero attached hydrogens (tertiary/aromatic N) is 1. The van der Waals surface area contributed by atoms with Crippen molar-refractivity contribution in [2.24, 2.45) is 0 Å². The zero-order valence-electron chi connectivity index (χ0n) is 17.3. The Balaban J connectivity index is 2.21. The van der Waals surface area contributed by atoms with Gasteiger partial charge in [-0.15, -0.1) is 0 Å². The van der Waals surface area contributed by atoms with Crippen LogP contribution in [0.4, 0.5) is 10.5 Å². The van der Waals surface area contributed by atoms with Crippen LogP contribution in [0.2, 0.25) is 0 Å². The second-order valence-corrected chi connectivity index (χ2v) is 9.41. The topological polar surface area (TPSA) is 88.2 Å². The van der Waals surface area contributed by atoms with Gasteiger partial charge in [0, 0.05) is 17.6 Å². The van der Waals surface area contributed by atoms with Gasteiger partial charge in [0.25, 0.3) is 0 Å². The van der Waals surface area contributed by atoms with E-state index in [2.05, 4.69) is 15.0 Å². The summed E-state index contributed by atoms with van der Waals surface area (Å²) in [6.07, 6.45) is 1.53. The van der Waals surface area contributed by atoms with Crippen LogP contribution in [0.5, 0.6) is 0 Å². The summed E-state index contributed by atoms with van der Waals surface area (Å²) in [5.74, 6) is 0.0707. The van der Waals surface area contributed by atoms with Crippen molar-refractivity contribution in [2.45, 2.75) is 59.1 Å². The van der Waals surface area contributed by atoms with Gasteiger partial charge in [-0.1, -0.05) is 45.9 Å². The van der Waals surface area contributed by atoms with E-state index in [1.807, 2.05) is 65.8 Å². The summed E-state index contributed by atoms with van der Waals surface area (Å²) in [6.45, 7) is 11.8. The number of nitrogens with one attached hydrogen (secondary N) is 2. The van der Waals surface area contributed by atoms with Crippen LogP contribution in [0.25, 0.3) is 0 Å². The van der Waals surface area contributed by atoms with Gasteiger partial charge >= 0.3 is 6.03 Å². The fourth-order valence-electron chi connectivity index (χ4n) is 3.09. The number of carbonyl (C=O) groups is 1. The van der Waals surface area contributed by atoms with E-state index in [1.54, 1.807) is 0 Å². The van der Waals surface area contributed by atoms with Gasteiger partial charge in [-0.3, -0.25) is 4.98 Å². The minimum absolute atomic E-state index is 0.187. The van der Waals surface area contributed by atoms with E-state index in [0.717, 1.165) is 22.4 Å². The van der Waals surface area contributed by atoms with Crippen LogP contribution in [0, 0.1) is 13.8 Å². The predicted molar refractivity (Wildman–Crippen MR) is 113 cm³/mol. The second-order valence-electron chi connectivity index (χ2n) is 7.69. The van der Waals surface area contributed by atoms with Crippen molar-refractivity contribution >= 4 is 21.7 Å². The molecule has 2 aromatic rings. The molecule has 0 unspecified atom stereocenters. The van der Waals surface area contributed by atoms with E-state index < -0.39 is 16.1 Å². The number of aryl methyl sites for hydroxylation is 2. The largest absolute Gasteiger partial charge is 0.332 e. The van der Waals surface area contributed by atoms with Crippen LogP contribution in [0.15, 0.2) is 30.5 Å². The molecule has 0 saturated carbocycles. The Morgan fingerprint density at radius 2 is 1.64 bits per heavy atom. The quantitative estimate of drug-likeness (QED) is 0.738. The molecule has 1 aromatic heterocycles. The van der Waals surface area contributed by atoms with Gasteiger partial charge in [0.1, 0.15) is 0 Å². The summed E-state index contributed by atoms with van der Waals surface area (Å²) >= 11 is 0. The molecule has 6 nitrogen and oxygen atoms in total. The SMILES string of the molecule is Cc1cc(C)c(CS(=O)(=O)NC(=O)Nc2c(C(C)C)cccc2C(C)C)cn1. The smallest absolute Gasteiger partial charge is 0.307 e. The average molecular weight is 404 g/mol. The number of hydrogen-bond donors (Lipinski definition) is 2. The second kappa shape index (κ2) is 8.73. The Morgan fingerprint density at radius 3 is 2.14 bits per heavy atom. The van der Waals surface area contributed by atoms with Crippen LogP contribution >= 0.6 is 0 Å². The van der Waals surface area contributed by atoms with E-state index in [9.17, 15) is 13.2 Å². The molecule has 2 amide bonds. The van der Waals surface area contributed by atoms with Gasteiger partial charge < -0.3 is 5.32 Å². The molecule has 0 aliphatic heterocycles. The molecule has 0 spiro atoms. The van der Waals surface area contributed by atoms with Gasteiger partial charge in [0.2, 0.25) is 10.0 Å². The van der Waals surface area contributed by atoms with Crippen molar-refractivity contribution in [1.82, 2.24) is 9.71 Å². The summed E-state index contributed by atoms with van der Waals surface area (Å²) < 4.78 is 27.1. The first-order valence-corrected chi connectivity index (χ1v) is 11.0. The van der Waals surface area contributed by atoms with Gasteiger partial charge in [0.05, 0.1) is 5.75 Å². The number of rotatable bonds is 6. The molecule has 2 rings (SSSR count). The Labute approximate surface area is 167 Å². The highest BCUT2D eigenvalue weighted by Crippen LogP contribution is 2.32. The first kappa shape index (κ1) is 21.9. The lowest BCUT2D eigenvalue weighted by Gasteiger charge is -2.20. The summed E-state index contributed by atoms with van der Waals surface area (Å²) in [5.41, 5.74) is 4.82. The molecule has 2 N–H and O–H groups in total. The molecule has 0 bridgehead atoms. The number of amides is 2. The fourth-order valence-corrected chi connectivity index (χ4v) is 4.21. The summed E-state index contributed by atoms with van der Waals surface area (Å²) in [5, 5.41) is 2.76. The number of hydrogen-bond acceptors (Lipinski definition) is 4. The molecule has 28 heavy (non-hydrogen) atoms. The zero-order chi connectivity index (χ0) is 21.1. The molecule has 0 aliphatic rings. The molecule has 7 heteroatoms. The number of sulfonamides is 1. The number of benzene rings is 1. The number of para-hydroxylation sites is 1. The Kier molecular flexibility index (Phi) is 6.82. The van der Waals surface area contributed by atoms with Gasteiger partial charge in [-0.2, -0.15) is 0 Å². The molecule has 0 aliphatic carbocycles. The van der Waals surface area contributed by atoms with E-state index in [0.29, 0.717) is 11.3 Å². The number of urea groups is 1. The number of carbonyl (C=O) groups excluding carboxylic acids is 1. The van der Waals surface area contributed by atoms with Crippen molar-refractivity contribution in [3.8, 4) is 0 Å². The van der Waals surface area contributed by atoms with Crippen LogP contribution < -0.4 is 10.0 Å². The maximum absolute atomic E-state index is 12.5. The molecule has 152 valence electrons. The summed E-state index contributed by atoms with van der Waals surface area (Å²) in [7, 11) is -3.86. The predicted octanol–water partition coefficient (Wildman–Crippen LogP) is 4.60. The maximum Gasteiger partial charge on any atom is 0.332 e. The lowest BCUT2D eigenvalue weighted by Crippen LogP contribution is -2.36. The minimum Gasteiger partial charge on any atom is -0.307 e. The first-order valence-electron chi connectivity index (χ1n) is 9.36. The maximum atomic E-state index is 12.5. The lowest BCUT2D eigenvalue weighted by atomic mass is 9.93. The van der Waals surface area contributed by atoms with E-state index >= 15 is 0 Å². The number of aromatic nitrogens is 1. The first-order chi connectivity index (χ1) is 13.0. The van der Waals surface area contributed by atoms with E-state index in [1.165, 1.54) is 6.20 Å². The van der Waals surface area contributed by atoms with E-state index in [-0.39, 0.29) is 17.6 Å².